The van der Waals surface area contributed by atoms with Gasteiger partial charge in [-0.1, -0.05) is 19.4 Å². The maximum absolute atomic E-state index is 12.1. The van der Waals surface area contributed by atoms with E-state index in [9.17, 15) is 19.5 Å². The predicted molar refractivity (Wildman–Crippen MR) is 114 cm³/mol. The Morgan fingerprint density at radius 1 is 1.16 bits per heavy atom. The number of carbonyl (C=O) groups is 3. The van der Waals surface area contributed by atoms with Gasteiger partial charge < -0.3 is 14.6 Å². The van der Waals surface area contributed by atoms with Gasteiger partial charge in [0.25, 0.3) is 0 Å². The second kappa shape index (κ2) is 8.02. The van der Waals surface area contributed by atoms with Gasteiger partial charge in [0.2, 0.25) is 0 Å². The largest absolute Gasteiger partial charge is 0.463 e. The first-order chi connectivity index (χ1) is 14.6. The molecule has 0 unspecified atom stereocenters. The Kier molecular flexibility index (Phi) is 5.82. The van der Waals surface area contributed by atoms with Gasteiger partial charge >= 0.3 is 11.9 Å². The number of hydrogen-bond donors (Lipinski definition) is 1. The molecule has 1 N–H and O–H groups in total. The van der Waals surface area contributed by atoms with E-state index in [0.29, 0.717) is 24.7 Å². The Bertz CT molecular complexity index is 802. The summed E-state index contributed by atoms with van der Waals surface area (Å²) in [7, 11) is 0. The predicted octanol–water partition coefficient (Wildman–Crippen LogP) is 3.60. The molecular weight excluding hydrogens is 396 g/mol. The molecule has 8 atom stereocenters. The Morgan fingerprint density at radius 3 is 2.58 bits per heavy atom. The zero-order chi connectivity index (χ0) is 22.6. The summed E-state index contributed by atoms with van der Waals surface area (Å²) >= 11 is 0. The molecule has 0 amide bonds. The Morgan fingerprint density at radius 2 is 1.90 bits per heavy atom. The van der Waals surface area contributed by atoms with Crippen molar-refractivity contribution in [2.75, 3.05) is 6.61 Å². The van der Waals surface area contributed by atoms with E-state index in [1.807, 2.05) is 6.08 Å². The van der Waals surface area contributed by atoms with Gasteiger partial charge in [-0.3, -0.25) is 14.4 Å². The van der Waals surface area contributed by atoms with Crippen LogP contribution in [-0.4, -0.2) is 41.6 Å². The van der Waals surface area contributed by atoms with E-state index >= 15 is 0 Å². The lowest BCUT2D eigenvalue weighted by atomic mass is 9.45. The summed E-state index contributed by atoms with van der Waals surface area (Å²) in [4.78, 5) is 35.5. The van der Waals surface area contributed by atoms with Crippen molar-refractivity contribution in [3.63, 3.8) is 0 Å². The van der Waals surface area contributed by atoms with Crippen LogP contribution in [0.15, 0.2) is 11.6 Å². The summed E-state index contributed by atoms with van der Waals surface area (Å²) < 4.78 is 11.1. The number of aliphatic hydroxyl groups is 1. The smallest absolute Gasteiger partial charge is 0.302 e. The highest BCUT2D eigenvalue weighted by Gasteiger charge is 2.63. The van der Waals surface area contributed by atoms with Crippen LogP contribution in [0.4, 0.5) is 0 Å². The zero-order valence-corrected chi connectivity index (χ0v) is 19.2. The van der Waals surface area contributed by atoms with Gasteiger partial charge in [-0.25, -0.2) is 0 Å². The monoisotopic (exact) mass is 432 g/mol. The average Bonchev–Trinajstić information content (AvgIpc) is 3.02. The molecule has 4 rings (SSSR count). The molecule has 6 heteroatoms. The minimum atomic E-state index is -0.713. The number of esters is 2. The van der Waals surface area contributed by atoms with Crippen LogP contribution in [0.2, 0.25) is 0 Å². The first-order valence-corrected chi connectivity index (χ1v) is 11.8. The molecule has 3 saturated carbocycles. The molecule has 0 spiro atoms. The molecule has 0 aliphatic heterocycles. The van der Waals surface area contributed by atoms with Crippen molar-refractivity contribution in [3.8, 4) is 0 Å². The van der Waals surface area contributed by atoms with Gasteiger partial charge in [-0.15, -0.1) is 0 Å². The highest BCUT2D eigenvalue weighted by molar-refractivity contribution is 5.91. The van der Waals surface area contributed by atoms with Crippen LogP contribution in [0.3, 0.4) is 0 Å². The lowest BCUT2D eigenvalue weighted by molar-refractivity contribution is -0.180. The lowest BCUT2D eigenvalue weighted by Crippen LogP contribution is -2.58. The third kappa shape index (κ3) is 3.75. The van der Waals surface area contributed by atoms with Gasteiger partial charge in [0.15, 0.2) is 5.78 Å². The molecule has 4 aliphatic carbocycles. The Labute approximate surface area is 184 Å². The van der Waals surface area contributed by atoms with E-state index in [1.165, 1.54) is 19.4 Å². The fourth-order valence-electron chi connectivity index (χ4n) is 7.96. The van der Waals surface area contributed by atoms with Gasteiger partial charge in [0.05, 0.1) is 6.10 Å². The van der Waals surface area contributed by atoms with Crippen LogP contribution in [0.1, 0.15) is 72.6 Å². The third-order valence-corrected chi connectivity index (χ3v) is 9.18. The van der Waals surface area contributed by atoms with Gasteiger partial charge in [-0.2, -0.15) is 0 Å². The topological polar surface area (TPSA) is 89.9 Å². The molecule has 0 saturated heterocycles. The summed E-state index contributed by atoms with van der Waals surface area (Å²) in [5, 5.41) is 10.9. The second-order valence-electron chi connectivity index (χ2n) is 10.8. The number of ether oxygens (including phenoxy) is 2. The van der Waals surface area contributed by atoms with Crippen LogP contribution >= 0.6 is 0 Å². The normalized spacial score (nSPS) is 42.5. The lowest BCUT2D eigenvalue weighted by Gasteiger charge is -2.60. The number of ketones is 1. The maximum Gasteiger partial charge on any atom is 0.302 e. The van der Waals surface area contributed by atoms with Crippen molar-refractivity contribution >= 4 is 17.7 Å². The molecular formula is C25H36O6. The zero-order valence-electron chi connectivity index (χ0n) is 19.2. The van der Waals surface area contributed by atoms with Crippen LogP contribution < -0.4 is 0 Å². The Balaban J connectivity index is 1.67. The minimum Gasteiger partial charge on any atom is -0.463 e. The average molecular weight is 433 g/mol. The molecule has 172 valence electrons. The molecule has 0 aromatic heterocycles. The molecule has 0 aromatic rings. The maximum atomic E-state index is 12.1. The molecule has 0 bridgehead atoms. The number of allylic oxidation sites excluding steroid dienone is 1. The summed E-state index contributed by atoms with van der Waals surface area (Å²) in [6.07, 6.45) is 6.82. The van der Waals surface area contributed by atoms with Crippen molar-refractivity contribution in [2.24, 2.45) is 34.5 Å². The fourth-order valence-corrected chi connectivity index (χ4v) is 7.96. The van der Waals surface area contributed by atoms with E-state index in [-0.39, 0.29) is 53.1 Å². The molecule has 3 fully saturated rings. The first kappa shape index (κ1) is 22.5. The van der Waals surface area contributed by atoms with E-state index in [0.717, 1.165) is 32.1 Å². The van der Waals surface area contributed by atoms with E-state index in [2.05, 4.69) is 13.8 Å². The van der Waals surface area contributed by atoms with E-state index in [4.69, 9.17) is 9.47 Å². The fraction of sp³-hybridized carbons (Fsp3) is 0.800. The number of carbonyl (C=O) groups excluding carboxylic acids is 3. The summed E-state index contributed by atoms with van der Waals surface area (Å²) in [6, 6.07) is 0. The van der Waals surface area contributed by atoms with Crippen molar-refractivity contribution in [2.45, 2.75) is 84.8 Å². The number of hydrogen-bond acceptors (Lipinski definition) is 6. The van der Waals surface area contributed by atoms with Crippen LogP contribution in [0.5, 0.6) is 0 Å². The van der Waals surface area contributed by atoms with E-state index in [1.54, 1.807) is 0 Å². The number of aliphatic hydroxyl groups excluding tert-OH is 1. The van der Waals surface area contributed by atoms with Gasteiger partial charge in [0, 0.05) is 26.2 Å². The summed E-state index contributed by atoms with van der Waals surface area (Å²) in [6.45, 7) is 7.34. The van der Waals surface area contributed by atoms with Crippen molar-refractivity contribution in [3.05, 3.63) is 11.6 Å². The molecule has 6 nitrogen and oxygen atoms in total. The second-order valence-corrected chi connectivity index (χ2v) is 10.8. The number of rotatable bonds is 4. The van der Waals surface area contributed by atoms with Gasteiger partial charge in [-0.05, 0) is 73.2 Å². The molecule has 0 aromatic carbocycles. The molecule has 0 heterocycles. The van der Waals surface area contributed by atoms with Crippen molar-refractivity contribution < 1.29 is 29.0 Å². The van der Waals surface area contributed by atoms with Crippen LogP contribution in [0, 0.1) is 34.5 Å². The van der Waals surface area contributed by atoms with Gasteiger partial charge in [0.1, 0.15) is 12.7 Å². The standard InChI is InChI=1S/C25H36O6/c1-14(26)30-13-21(29)20-8-7-19-18-6-5-16-11-17(28)9-10-24(16,3)23(18)22(31-15(2)27)12-25(19,20)4/h11,18-23,29H,5-10,12-13H2,1-4H3/t18-,19-,20+,21+,22-,23+,24-,25-/m0/s1. The Hall–Kier alpha value is -1.69. The minimum absolute atomic E-state index is 0.00790. The van der Waals surface area contributed by atoms with Crippen molar-refractivity contribution in [1.82, 2.24) is 0 Å². The molecule has 0 radical (unpaired) electrons. The summed E-state index contributed by atoms with van der Waals surface area (Å²) in [5.74, 6) is 0.589. The van der Waals surface area contributed by atoms with Crippen LogP contribution in [-0.2, 0) is 23.9 Å². The molecule has 4 aliphatic rings. The highest BCUT2D eigenvalue weighted by Crippen LogP contribution is 2.67. The SMILES string of the molecule is CC(=O)OC[C@@H](O)[C@H]1CC[C@H]2[C@@H]3CCC4=CC(=O)CC[C@]4(C)[C@H]3[C@@H](OC(C)=O)C[C@]12C. The molecule has 31 heavy (non-hydrogen) atoms. The third-order valence-electron chi connectivity index (χ3n) is 9.18. The number of fused-ring (bicyclic) bond motifs is 5. The van der Waals surface area contributed by atoms with Crippen LogP contribution in [0.25, 0.3) is 0 Å². The van der Waals surface area contributed by atoms with Crippen molar-refractivity contribution in [1.29, 1.82) is 0 Å². The quantitative estimate of drug-likeness (QED) is 0.683. The first-order valence-electron chi connectivity index (χ1n) is 11.8. The van der Waals surface area contributed by atoms with E-state index < -0.39 is 6.10 Å². The highest BCUT2D eigenvalue weighted by atomic mass is 16.5. The summed E-state index contributed by atoms with van der Waals surface area (Å²) in [5.41, 5.74) is 0.936.